The van der Waals surface area contributed by atoms with Crippen molar-refractivity contribution in [2.45, 2.75) is 13.3 Å². The van der Waals surface area contributed by atoms with Crippen molar-refractivity contribution in [2.75, 3.05) is 36.0 Å². The van der Waals surface area contributed by atoms with Crippen LogP contribution < -0.4 is 15.8 Å². The number of hydrogen-bond acceptors (Lipinski definition) is 7. The fourth-order valence-electron chi connectivity index (χ4n) is 4.95. The van der Waals surface area contributed by atoms with Crippen LogP contribution in [0.5, 0.6) is 0 Å². The second-order valence-corrected chi connectivity index (χ2v) is 12.0. The van der Waals surface area contributed by atoms with Crippen LogP contribution in [0, 0.1) is 0 Å². The molecule has 1 N–H and O–H groups in total. The van der Waals surface area contributed by atoms with Crippen molar-refractivity contribution < 1.29 is 22.8 Å². The van der Waals surface area contributed by atoms with Crippen molar-refractivity contribution in [1.29, 1.82) is 0 Å². The summed E-state index contributed by atoms with van der Waals surface area (Å²) in [5, 5.41) is 2.62. The minimum Gasteiger partial charge on any atom is -0.335 e. The lowest BCUT2D eigenvalue weighted by molar-refractivity contribution is -0.128. The van der Waals surface area contributed by atoms with E-state index in [0.29, 0.717) is 12.1 Å². The lowest BCUT2D eigenvalue weighted by Crippen LogP contribution is -2.46. The third-order valence-electron chi connectivity index (χ3n) is 7.16. The minimum atomic E-state index is -3.18. The largest absolute Gasteiger partial charge is 0.335 e. The molecule has 0 bridgehead atoms. The van der Waals surface area contributed by atoms with E-state index in [9.17, 15) is 27.6 Å². The molecule has 2 aliphatic rings. The number of carbonyl (C=O) groups excluding carboxylic acids is 3. The summed E-state index contributed by atoms with van der Waals surface area (Å²) < 4.78 is 24.3. The van der Waals surface area contributed by atoms with E-state index in [1.54, 1.807) is 17.0 Å². The minimum absolute atomic E-state index is 0.00654. The molecule has 2 aromatic carbocycles. The van der Waals surface area contributed by atoms with Gasteiger partial charge in [-0.15, -0.1) is 0 Å². The number of sulfone groups is 1. The van der Waals surface area contributed by atoms with Crippen LogP contribution in [0.1, 0.15) is 12.5 Å². The molecule has 5 rings (SSSR count). The first kappa shape index (κ1) is 27.0. The van der Waals surface area contributed by atoms with Gasteiger partial charge in [-0.1, -0.05) is 31.4 Å². The highest BCUT2D eigenvalue weighted by Crippen LogP contribution is 2.34. The summed E-state index contributed by atoms with van der Waals surface area (Å²) in [6, 6.07) is 10.9. The van der Waals surface area contributed by atoms with Crippen LogP contribution in [0.25, 0.3) is 27.7 Å². The van der Waals surface area contributed by atoms with Gasteiger partial charge in [-0.25, -0.2) is 13.4 Å². The lowest BCUT2D eigenvalue weighted by atomic mass is 9.99. The molecule has 1 fully saturated rings. The Hall–Kier alpha value is -4.58. The zero-order chi connectivity index (χ0) is 28.8. The van der Waals surface area contributed by atoms with Gasteiger partial charge in [-0.3, -0.25) is 23.7 Å². The highest BCUT2D eigenvalue weighted by atomic mass is 32.2. The number of hydrogen-bond donors (Lipinski definition) is 1. The van der Waals surface area contributed by atoms with Crippen LogP contribution >= 0.6 is 0 Å². The van der Waals surface area contributed by atoms with E-state index < -0.39 is 27.2 Å². The molecule has 0 atom stereocenters. The number of nitrogens with one attached hydrogen (secondary N) is 1. The molecule has 3 heterocycles. The van der Waals surface area contributed by atoms with Crippen molar-refractivity contribution in [1.82, 2.24) is 19.8 Å². The van der Waals surface area contributed by atoms with E-state index in [0.717, 1.165) is 33.4 Å². The van der Waals surface area contributed by atoms with Gasteiger partial charge in [0, 0.05) is 37.8 Å². The van der Waals surface area contributed by atoms with Crippen molar-refractivity contribution in [3.8, 4) is 11.1 Å². The number of fused-ring (bicyclic) bond motifs is 2. The van der Waals surface area contributed by atoms with E-state index in [4.69, 9.17) is 0 Å². The first-order valence-corrected chi connectivity index (χ1v) is 14.4. The maximum absolute atomic E-state index is 13.4. The van der Waals surface area contributed by atoms with Gasteiger partial charge in [-0.2, -0.15) is 0 Å². The molecular weight excluding hydrogens is 534 g/mol. The molecule has 2 aliphatic heterocycles. The molecule has 12 heteroatoms. The standard InChI is InChI=1S/C28H27N5O6S/c1-17(27(36)31-11-13-40(38,39)14-12-31)30-26(35)18(2)33-16-29-25-22(5-4-6-23(25)28(33)37)20-7-8-24-21(15-20)9-10-32(24)19(3)34/h4-8,15-16H,1-2,9-14H2,3H3,(H,30,35). The predicted molar refractivity (Wildman–Crippen MR) is 151 cm³/mol. The third kappa shape index (κ3) is 4.93. The molecule has 1 saturated heterocycles. The summed E-state index contributed by atoms with van der Waals surface area (Å²) in [6.07, 6.45) is 1.94. The SMILES string of the molecule is C=C(NC(=O)C(=C)n1cnc2c(-c3ccc4c(c3)CCN4C(C)=O)cccc2c1=O)C(=O)N1CCS(=O)(=O)CC1. The zero-order valence-corrected chi connectivity index (χ0v) is 22.7. The number of nitrogens with zero attached hydrogens (tertiary/aromatic N) is 4. The third-order valence-corrected chi connectivity index (χ3v) is 8.77. The monoisotopic (exact) mass is 561 g/mol. The summed E-state index contributed by atoms with van der Waals surface area (Å²) in [7, 11) is -3.18. The van der Waals surface area contributed by atoms with Crippen LogP contribution in [0.3, 0.4) is 0 Å². The molecule has 0 radical (unpaired) electrons. The van der Waals surface area contributed by atoms with Crippen molar-refractivity contribution in [3.05, 3.63) is 77.5 Å². The van der Waals surface area contributed by atoms with Crippen molar-refractivity contribution in [3.63, 3.8) is 0 Å². The van der Waals surface area contributed by atoms with Gasteiger partial charge in [0.1, 0.15) is 12.0 Å². The summed E-state index contributed by atoms with van der Waals surface area (Å²) in [4.78, 5) is 58.2. The Kier molecular flexibility index (Phi) is 6.88. The van der Waals surface area contributed by atoms with Crippen LogP contribution in [-0.4, -0.2) is 71.7 Å². The number of amides is 3. The zero-order valence-electron chi connectivity index (χ0n) is 21.8. The first-order chi connectivity index (χ1) is 19.0. The van der Waals surface area contributed by atoms with E-state index >= 15 is 0 Å². The average Bonchev–Trinajstić information content (AvgIpc) is 3.36. The Morgan fingerprint density at radius 1 is 1.02 bits per heavy atom. The van der Waals surface area contributed by atoms with E-state index in [2.05, 4.69) is 23.5 Å². The predicted octanol–water partition coefficient (Wildman–Crippen LogP) is 1.33. The molecule has 1 aromatic heterocycles. The summed E-state index contributed by atoms with van der Waals surface area (Å²) in [6.45, 7) is 9.48. The van der Waals surface area contributed by atoms with Gasteiger partial charge in [0.25, 0.3) is 17.4 Å². The van der Waals surface area contributed by atoms with Gasteiger partial charge in [0.05, 0.1) is 28.1 Å². The van der Waals surface area contributed by atoms with Crippen LogP contribution in [0.2, 0.25) is 0 Å². The quantitative estimate of drug-likeness (QED) is 0.464. The van der Waals surface area contributed by atoms with Crippen LogP contribution in [0.4, 0.5) is 5.69 Å². The molecule has 0 unspecified atom stereocenters. The Bertz CT molecular complexity index is 1780. The van der Waals surface area contributed by atoms with Gasteiger partial charge < -0.3 is 15.1 Å². The number of carbonyl (C=O) groups is 3. The highest BCUT2D eigenvalue weighted by Gasteiger charge is 2.28. The molecule has 0 saturated carbocycles. The highest BCUT2D eigenvalue weighted by molar-refractivity contribution is 7.91. The van der Waals surface area contributed by atoms with Gasteiger partial charge in [0.15, 0.2) is 9.84 Å². The Labute approximate surface area is 230 Å². The Morgan fingerprint density at radius 3 is 2.45 bits per heavy atom. The Balaban J connectivity index is 1.37. The van der Waals surface area contributed by atoms with Gasteiger partial charge in [0.2, 0.25) is 5.91 Å². The first-order valence-electron chi connectivity index (χ1n) is 12.6. The molecule has 40 heavy (non-hydrogen) atoms. The lowest BCUT2D eigenvalue weighted by Gasteiger charge is -2.27. The molecule has 206 valence electrons. The normalized spacial score (nSPS) is 15.9. The number of anilines is 1. The second kappa shape index (κ2) is 10.2. The molecular formula is C28H27N5O6S. The topological polar surface area (TPSA) is 139 Å². The summed E-state index contributed by atoms with van der Waals surface area (Å²) in [5.41, 5.74) is 2.88. The van der Waals surface area contributed by atoms with E-state index in [1.165, 1.54) is 18.2 Å². The fraction of sp³-hybridized carbons (Fsp3) is 0.250. The molecule has 3 amide bonds. The second-order valence-electron chi connectivity index (χ2n) is 9.71. The van der Waals surface area contributed by atoms with Crippen LogP contribution in [0.15, 0.2) is 66.4 Å². The summed E-state index contributed by atoms with van der Waals surface area (Å²) in [5.74, 6) is -1.76. The molecule has 11 nitrogen and oxygen atoms in total. The molecule has 3 aromatic rings. The summed E-state index contributed by atoms with van der Waals surface area (Å²) >= 11 is 0. The number of rotatable bonds is 5. The fourth-order valence-corrected chi connectivity index (χ4v) is 6.15. The number of benzene rings is 2. The maximum Gasteiger partial charge on any atom is 0.272 e. The maximum atomic E-state index is 13.4. The smallest absolute Gasteiger partial charge is 0.272 e. The average molecular weight is 562 g/mol. The molecule has 0 aliphatic carbocycles. The van der Waals surface area contributed by atoms with Gasteiger partial charge in [-0.05, 0) is 35.7 Å². The van der Waals surface area contributed by atoms with E-state index in [-0.39, 0.29) is 47.3 Å². The Morgan fingerprint density at radius 2 is 1.75 bits per heavy atom. The number of para-hydroxylation sites is 1. The van der Waals surface area contributed by atoms with Crippen molar-refractivity contribution >= 4 is 49.8 Å². The van der Waals surface area contributed by atoms with Crippen molar-refractivity contribution in [2.24, 2.45) is 0 Å². The molecule has 0 spiro atoms. The van der Waals surface area contributed by atoms with Gasteiger partial charge >= 0.3 is 0 Å². The van der Waals surface area contributed by atoms with Crippen LogP contribution in [-0.2, 0) is 30.6 Å². The number of aromatic nitrogens is 2. The van der Waals surface area contributed by atoms with E-state index in [1.807, 2.05) is 24.3 Å².